The molecule has 0 N–H and O–H groups in total. The molecule has 2 amide bonds. The molecular formula is C21H26FN3O3. The number of amides is 2. The Balaban J connectivity index is 1.61. The fourth-order valence-electron chi connectivity index (χ4n) is 3.68. The second-order valence-electron chi connectivity index (χ2n) is 7.30. The monoisotopic (exact) mass is 387 g/mol. The predicted octanol–water partition coefficient (Wildman–Crippen LogP) is 3.13. The number of carbonyl (C=O) groups excluding carboxylic acids is 2. The Morgan fingerprint density at radius 2 is 2.00 bits per heavy atom. The molecule has 3 rings (SSSR count). The molecule has 28 heavy (non-hydrogen) atoms. The summed E-state index contributed by atoms with van der Waals surface area (Å²) in [6.45, 7) is 4.64. The minimum Gasteiger partial charge on any atom is -0.436 e. The lowest BCUT2D eigenvalue weighted by atomic mass is 10.1. The first kappa shape index (κ1) is 20.0. The van der Waals surface area contributed by atoms with E-state index in [0.717, 1.165) is 12.8 Å². The Labute approximate surface area is 164 Å². The van der Waals surface area contributed by atoms with E-state index in [1.165, 1.54) is 6.07 Å². The van der Waals surface area contributed by atoms with Gasteiger partial charge in [0.1, 0.15) is 5.82 Å². The highest BCUT2D eigenvalue weighted by atomic mass is 19.1. The zero-order valence-corrected chi connectivity index (χ0v) is 16.6. The molecule has 1 aliphatic rings. The molecule has 1 aromatic heterocycles. The van der Waals surface area contributed by atoms with Gasteiger partial charge in [0, 0.05) is 33.1 Å². The lowest BCUT2D eigenvalue weighted by Crippen LogP contribution is -2.39. The molecule has 0 bridgehead atoms. The third-order valence-electron chi connectivity index (χ3n) is 5.32. The van der Waals surface area contributed by atoms with E-state index < -0.39 is 0 Å². The van der Waals surface area contributed by atoms with Crippen LogP contribution < -0.4 is 0 Å². The van der Waals surface area contributed by atoms with Crippen LogP contribution in [0, 0.1) is 19.7 Å². The van der Waals surface area contributed by atoms with Gasteiger partial charge in [-0.05, 0) is 37.8 Å². The summed E-state index contributed by atoms with van der Waals surface area (Å²) in [6.07, 6.45) is 2.31. The van der Waals surface area contributed by atoms with E-state index in [2.05, 4.69) is 4.98 Å². The lowest BCUT2D eigenvalue weighted by Gasteiger charge is -2.27. The fraction of sp³-hybridized carbons (Fsp3) is 0.476. The molecule has 0 saturated carbocycles. The topological polar surface area (TPSA) is 66.7 Å². The van der Waals surface area contributed by atoms with Crippen LogP contribution in [0.2, 0.25) is 0 Å². The first-order chi connectivity index (χ1) is 13.4. The van der Waals surface area contributed by atoms with Crippen LogP contribution in [0.4, 0.5) is 4.39 Å². The van der Waals surface area contributed by atoms with Crippen LogP contribution in [0.25, 0.3) is 0 Å². The van der Waals surface area contributed by atoms with E-state index in [4.69, 9.17) is 4.42 Å². The number of halogens is 1. The number of hydrogen-bond acceptors (Lipinski definition) is 4. The molecule has 150 valence electrons. The Hall–Kier alpha value is -2.70. The molecule has 2 aromatic rings. The predicted molar refractivity (Wildman–Crippen MR) is 102 cm³/mol. The normalized spacial score (nSPS) is 17.3. The first-order valence-electron chi connectivity index (χ1n) is 9.59. The van der Waals surface area contributed by atoms with E-state index in [1.54, 1.807) is 48.9 Å². The van der Waals surface area contributed by atoms with Crippen LogP contribution in [0.15, 0.2) is 28.7 Å². The van der Waals surface area contributed by atoms with E-state index in [0.29, 0.717) is 42.4 Å². The Morgan fingerprint density at radius 1 is 1.25 bits per heavy atom. The maximum Gasteiger partial charge on any atom is 0.291 e. The van der Waals surface area contributed by atoms with Crippen LogP contribution in [-0.2, 0) is 11.2 Å². The van der Waals surface area contributed by atoms with Crippen molar-refractivity contribution in [2.75, 3.05) is 20.1 Å². The van der Waals surface area contributed by atoms with Crippen molar-refractivity contribution in [3.05, 3.63) is 53.0 Å². The van der Waals surface area contributed by atoms with Gasteiger partial charge < -0.3 is 14.2 Å². The highest BCUT2D eigenvalue weighted by molar-refractivity contribution is 5.92. The summed E-state index contributed by atoms with van der Waals surface area (Å²) < 4.78 is 19.3. The summed E-state index contributed by atoms with van der Waals surface area (Å²) in [4.78, 5) is 33.0. The van der Waals surface area contributed by atoms with E-state index in [9.17, 15) is 14.0 Å². The molecule has 1 saturated heterocycles. The molecule has 0 radical (unpaired) electrons. The maximum atomic E-state index is 13.8. The minimum absolute atomic E-state index is 0.0228. The molecule has 1 atom stereocenters. The van der Waals surface area contributed by atoms with Crippen molar-refractivity contribution in [2.45, 2.75) is 45.6 Å². The van der Waals surface area contributed by atoms with Crippen LogP contribution >= 0.6 is 0 Å². The third kappa shape index (κ3) is 4.40. The molecule has 1 aromatic carbocycles. The zero-order chi connectivity index (χ0) is 20.3. The van der Waals surface area contributed by atoms with Gasteiger partial charge in [0.05, 0.1) is 12.1 Å². The zero-order valence-electron chi connectivity index (χ0n) is 16.6. The average molecular weight is 387 g/mol. The molecule has 6 nitrogen and oxygen atoms in total. The summed E-state index contributed by atoms with van der Waals surface area (Å²) in [5.41, 5.74) is 1.00. The molecule has 0 spiro atoms. The molecule has 2 heterocycles. The van der Waals surface area contributed by atoms with Gasteiger partial charge in [-0.2, -0.15) is 0 Å². The average Bonchev–Trinajstić information content (AvgIpc) is 2.86. The summed E-state index contributed by atoms with van der Waals surface area (Å²) in [6, 6.07) is 6.37. The largest absolute Gasteiger partial charge is 0.436 e. The summed E-state index contributed by atoms with van der Waals surface area (Å²) >= 11 is 0. The van der Waals surface area contributed by atoms with Gasteiger partial charge in [-0.25, -0.2) is 9.37 Å². The van der Waals surface area contributed by atoms with Crippen LogP contribution in [0.1, 0.15) is 47.0 Å². The Morgan fingerprint density at radius 3 is 2.68 bits per heavy atom. The van der Waals surface area contributed by atoms with Gasteiger partial charge in [-0.3, -0.25) is 9.59 Å². The fourth-order valence-corrected chi connectivity index (χ4v) is 3.68. The van der Waals surface area contributed by atoms with Gasteiger partial charge in [0.25, 0.3) is 5.91 Å². The highest BCUT2D eigenvalue weighted by Crippen LogP contribution is 2.20. The smallest absolute Gasteiger partial charge is 0.291 e. The van der Waals surface area contributed by atoms with Gasteiger partial charge in [0.15, 0.2) is 5.89 Å². The van der Waals surface area contributed by atoms with Gasteiger partial charge in [-0.1, -0.05) is 18.2 Å². The summed E-state index contributed by atoms with van der Waals surface area (Å²) in [7, 11) is 1.76. The minimum atomic E-state index is -0.361. The van der Waals surface area contributed by atoms with Crippen molar-refractivity contribution in [3.8, 4) is 0 Å². The van der Waals surface area contributed by atoms with Crippen molar-refractivity contribution in [1.29, 1.82) is 0 Å². The summed E-state index contributed by atoms with van der Waals surface area (Å²) in [5, 5.41) is 0. The Bertz CT molecular complexity index is 864. The van der Waals surface area contributed by atoms with Crippen molar-refractivity contribution < 1.29 is 18.4 Å². The number of hydrogen-bond donors (Lipinski definition) is 0. The van der Waals surface area contributed by atoms with Crippen molar-refractivity contribution in [1.82, 2.24) is 14.8 Å². The number of nitrogens with zero attached hydrogens (tertiary/aromatic N) is 3. The number of benzene rings is 1. The summed E-state index contributed by atoms with van der Waals surface area (Å²) in [5.74, 6) is 0.141. The maximum absolute atomic E-state index is 13.8. The number of aryl methyl sites for hydroxylation is 2. The number of rotatable bonds is 4. The van der Waals surface area contributed by atoms with Crippen LogP contribution in [0.5, 0.6) is 0 Å². The number of carbonyl (C=O) groups is 2. The number of likely N-dealkylation sites (tertiary alicyclic amines) is 1. The Kier molecular flexibility index (Phi) is 6.11. The highest BCUT2D eigenvalue weighted by Gasteiger charge is 2.28. The molecular weight excluding hydrogens is 361 g/mol. The van der Waals surface area contributed by atoms with Crippen molar-refractivity contribution in [3.63, 3.8) is 0 Å². The molecule has 0 aliphatic carbocycles. The second kappa shape index (κ2) is 8.54. The standard InChI is InChI=1S/C21H26FN3O3/c1-14-20(28-15(2)23-14)21(27)25-11-6-8-17(10-12-25)24(3)19(26)13-16-7-4-5-9-18(16)22/h4-5,7,9,17H,6,8,10-13H2,1-3H3/t17-/m0/s1. The van der Waals surface area contributed by atoms with E-state index in [-0.39, 0.29) is 30.1 Å². The van der Waals surface area contributed by atoms with Gasteiger partial charge >= 0.3 is 0 Å². The van der Waals surface area contributed by atoms with Crippen molar-refractivity contribution in [2.24, 2.45) is 0 Å². The molecule has 7 heteroatoms. The number of likely N-dealkylation sites (N-methyl/N-ethyl adjacent to an activating group) is 1. The van der Waals surface area contributed by atoms with E-state index >= 15 is 0 Å². The number of aromatic nitrogens is 1. The SMILES string of the molecule is Cc1nc(C)c(C(=O)N2CCC[C@H](N(C)C(=O)Cc3ccccc3F)CC2)o1. The van der Waals surface area contributed by atoms with Gasteiger partial charge in [0.2, 0.25) is 11.7 Å². The van der Waals surface area contributed by atoms with Crippen LogP contribution in [-0.4, -0.2) is 52.8 Å². The second-order valence-corrected chi connectivity index (χ2v) is 7.30. The number of oxazole rings is 1. The van der Waals surface area contributed by atoms with Crippen molar-refractivity contribution >= 4 is 11.8 Å². The molecule has 1 fully saturated rings. The van der Waals surface area contributed by atoms with Crippen LogP contribution in [0.3, 0.4) is 0 Å². The third-order valence-corrected chi connectivity index (χ3v) is 5.32. The first-order valence-corrected chi connectivity index (χ1v) is 9.59. The molecule has 1 aliphatic heterocycles. The quantitative estimate of drug-likeness (QED) is 0.808. The lowest BCUT2D eigenvalue weighted by molar-refractivity contribution is -0.131. The van der Waals surface area contributed by atoms with Gasteiger partial charge in [-0.15, -0.1) is 0 Å². The van der Waals surface area contributed by atoms with E-state index in [1.807, 2.05) is 0 Å². The molecule has 0 unspecified atom stereocenters.